The molecule has 0 amide bonds. The van der Waals surface area contributed by atoms with Crippen LogP contribution in [0.2, 0.25) is 10.2 Å². The summed E-state index contributed by atoms with van der Waals surface area (Å²) in [5, 5.41) is 13.4. The Bertz CT molecular complexity index is 1580. The van der Waals surface area contributed by atoms with Gasteiger partial charge in [0.05, 0.1) is 28.8 Å². The topological polar surface area (TPSA) is 63.8 Å². The first-order valence-corrected chi connectivity index (χ1v) is 11.6. The van der Waals surface area contributed by atoms with Gasteiger partial charge in [0.15, 0.2) is 5.60 Å². The molecule has 0 saturated heterocycles. The van der Waals surface area contributed by atoms with Gasteiger partial charge in [-0.15, -0.1) is 0 Å². The lowest BCUT2D eigenvalue weighted by Gasteiger charge is -2.30. The Morgan fingerprint density at radius 1 is 1.00 bits per heavy atom. The van der Waals surface area contributed by atoms with Gasteiger partial charge in [-0.25, -0.2) is 14.4 Å². The quantitative estimate of drug-likeness (QED) is 0.287. The predicted molar refractivity (Wildman–Crippen MR) is 136 cm³/mol. The molecule has 5 rings (SSSR count). The number of imidazole rings is 1. The van der Waals surface area contributed by atoms with Crippen LogP contribution >= 0.6 is 23.2 Å². The van der Waals surface area contributed by atoms with Gasteiger partial charge >= 0.3 is 0 Å². The molecule has 3 aromatic heterocycles. The summed E-state index contributed by atoms with van der Waals surface area (Å²) in [6.45, 7) is 3.76. The van der Waals surface area contributed by atoms with Crippen molar-refractivity contribution in [1.82, 2.24) is 19.5 Å². The van der Waals surface area contributed by atoms with Gasteiger partial charge in [0.2, 0.25) is 0 Å². The van der Waals surface area contributed by atoms with Crippen LogP contribution in [0.25, 0.3) is 22.0 Å². The number of aromatic nitrogens is 4. The minimum Gasteiger partial charge on any atom is -0.374 e. The van der Waals surface area contributed by atoms with Gasteiger partial charge in [-0.1, -0.05) is 47.5 Å². The number of halogens is 3. The van der Waals surface area contributed by atoms with Crippen molar-refractivity contribution < 1.29 is 9.50 Å². The molecule has 0 aliphatic carbocycles. The summed E-state index contributed by atoms with van der Waals surface area (Å²) >= 11 is 13.4. The molecule has 0 aliphatic heterocycles. The van der Waals surface area contributed by atoms with E-state index in [1.165, 1.54) is 12.1 Å². The van der Waals surface area contributed by atoms with E-state index in [0.717, 1.165) is 11.3 Å². The molecule has 176 valence electrons. The molecule has 0 saturated carbocycles. The van der Waals surface area contributed by atoms with Crippen molar-refractivity contribution >= 4 is 34.1 Å². The monoisotopic (exact) mass is 506 g/mol. The Labute approximate surface area is 211 Å². The van der Waals surface area contributed by atoms with Crippen LogP contribution in [0.4, 0.5) is 4.39 Å². The summed E-state index contributed by atoms with van der Waals surface area (Å²) < 4.78 is 15.7. The van der Waals surface area contributed by atoms with E-state index in [0.29, 0.717) is 43.9 Å². The van der Waals surface area contributed by atoms with Crippen LogP contribution in [-0.4, -0.2) is 24.6 Å². The molecule has 0 radical (unpaired) electrons. The summed E-state index contributed by atoms with van der Waals surface area (Å²) in [7, 11) is 1.82. The number of nitrogens with zero attached hydrogens (tertiary/aromatic N) is 4. The number of aryl methyl sites for hydroxylation is 3. The first-order chi connectivity index (χ1) is 16.7. The normalized spacial score (nSPS) is 13.2. The Balaban J connectivity index is 1.82. The standard InChI is InChI=1S/C27H21Cl2FN4O/c1-15-9-19(27(35,22-13-31-14-34(22)3)18-8-7-16(2)32-12-18)11-21-24(28)23(26(29)33-25(15)21)17-5-4-6-20(30)10-17/h4-14,35H,1-3H3. The number of hydrogen-bond acceptors (Lipinski definition) is 4. The number of hydrogen-bond donors (Lipinski definition) is 1. The average Bonchev–Trinajstić information content (AvgIpc) is 3.26. The molecule has 1 unspecified atom stereocenters. The second-order valence-electron chi connectivity index (χ2n) is 8.58. The van der Waals surface area contributed by atoms with Gasteiger partial charge in [-0.05, 0) is 54.8 Å². The molecule has 5 nitrogen and oxygen atoms in total. The largest absolute Gasteiger partial charge is 0.374 e. The highest BCUT2D eigenvalue weighted by molar-refractivity contribution is 6.42. The van der Waals surface area contributed by atoms with Gasteiger partial charge in [0.1, 0.15) is 11.0 Å². The number of pyridine rings is 2. The fraction of sp³-hybridized carbons (Fsp3) is 0.148. The van der Waals surface area contributed by atoms with Crippen molar-refractivity contribution in [1.29, 1.82) is 0 Å². The van der Waals surface area contributed by atoms with Crippen molar-refractivity contribution in [2.45, 2.75) is 19.4 Å². The van der Waals surface area contributed by atoms with E-state index < -0.39 is 11.4 Å². The SMILES string of the molecule is Cc1ccc(C(O)(c2cc(C)c3nc(Cl)c(-c4cccc(F)c4)c(Cl)c3c2)c2cncn2C)cn1. The number of rotatable bonds is 4. The Morgan fingerprint density at radius 2 is 1.80 bits per heavy atom. The van der Waals surface area contributed by atoms with Gasteiger partial charge in [-0.2, -0.15) is 0 Å². The van der Waals surface area contributed by atoms with Crippen LogP contribution in [0.3, 0.4) is 0 Å². The molecule has 0 bridgehead atoms. The van der Waals surface area contributed by atoms with Gasteiger partial charge in [-0.3, -0.25) is 4.98 Å². The first kappa shape index (κ1) is 23.4. The third-order valence-electron chi connectivity index (χ3n) is 6.22. The van der Waals surface area contributed by atoms with E-state index in [1.807, 2.05) is 39.1 Å². The zero-order valence-electron chi connectivity index (χ0n) is 19.2. The maximum atomic E-state index is 14.0. The molecular formula is C27H21Cl2FN4O. The number of aliphatic hydroxyl groups is 1. The predicted octanol–water partition coefficient (Wildman–Crippen LogP) is 6.38. The molecule has 35 heavy (non-hydrogen) atoms. The van der Waals surface area contributed by atoms with Crippen LogP contribution in [-0.2, 0) is 12.6 Å². The lowest BCUT2D eigenvalue weighted by molar-refractivity contribution is 0.117. The third kappa shape index (κ3) is 3.88. The molecule has 1 atom stereocenters. The zero-order valence-corrected chi connectivity index (χ0v) is 20.7. The lowest BCUT2D eigenvalue weighted by atomic mass is 9.82. The lowest BCUT2D eigenvalue weighted by Crippen LogP contribution is -2.31. The molecule has 0 spiro atoms. The van der Waals surface area contributed by atoms with Gasteiger partial charge in [0, 0.05) is 35.5 Å². The van der Waals surface area contributed by atoms with Crippen molar-refractivity contribution in [3.63, 3.8) is 0 Å². The molecule has 0 aliphatic rings. The van der Waals surface area contributed by atoms with Crippen LogP contribution in [0.1, 0.15) is 28.1 Å². The highest BCUT2D eigenvalue weighted by Gasteiger charge is 2.37. The summed E-state index contributed by atoms with van der Waals surface area (Å²) in [6.07, 6.45) is 4.91. The smallest absolute Gasteiger partial charge is 0.158 e. The van der Waals surface area contributed by atoms with Crippen LogP contribution in [0, 0.1) is 19.7 Å². The van der Waals surface area contributed by atoms with Crippen LogP contribution < -0.4 is 0 Å². The second kappa shape index (κ2) is 8.72. The van der Waals surface area contributed by atoms with E-state index in [2.05, 4.69) is 15.0 Å². The number of fused-ring (bicyclic) bond motifs is 1. The van der Waals surface area contributed by atoms with Crippen molar-refractivity contribution in [3.05, 3.63) is 111 Å². The van der Waals surface area contributed by atoms with E-state index in [9.17, 15) is 9.50 Å². The molecule has 3 heterocycles. The molecule has 1 N–H and O–H groups in total. The second-order valence-corrected chi connectivity index (χ2v) is 9.32. The highest BCUT2D eigenvalue weighted by atomic mass is 35.5. The first-order valence-electron chi connectivity index (χ1n) is 10.9. The minimum atomic E-state index is -1.58. The Morgan fingerprint density at radius 3 is 2.46 bits per heavy atom. The Kier molecular flexibility index (Phi) is 5.83. The molecule has 0 fully saturated rings. The summed E-state index contributed by atoms with van der Waals surface area (Å²) in [5.74, 6) is -0.405. The minimum absolute atomic E-state index is 0.175. The molecule has 5 aromatic rings. The molecular weight excluding hydrogens is 486 g/mol. The van der Waals surface area contributed by atoms with E-state index in [1.54, 1.807) is 41.5 Å². The van der Waals surface area contributed by atoms with Gasteiger partial charge in [0.25, 0.3) is 0 Å². The summed E-state index contributed by atoms with van der Waals surface area (Å²) in [6, 6.07) is 13.4. The molecule has 8 heteroatoms. The number of benzene rings is 2. The average molecular weight is 507 g/mol. The zero-order chi connectivity index (χ0) is 24.9. The summed E-state index contributed by atoms with van der Waals surface area (Å²) in [4.78, 5) is 13.2. The van der Waals surface area contributed by atoms with E-state index >= 15 is 0 Å². The summed E-state index contributed by atoms with van der Waals surface area (Å²) in [5.41, 5.74) is 3.27. The maximum absolute atomic E-state index is 14.0. The van der Waals surface area contributed by atoms with Gasteiger partial charge < -0.3 is 9.67 Å². The van der Waals surface area contributed by atoms with Crippen molar-refractivity contribution in [3.8, 4) is 11.1 Å². The third-order valence-corrected chi connectivity index (χ3v) is 6.89. The Hall–Kier alpha value is -3.32. The van der Waals surface area contributed by atoms with E-state index in [4.69, 9.17) is 23.2 Å². The van der Waals surface area contributed by atoms with E-state index in [-0.39, 0.29) is 5.15 Å². The highest BCUT2D eigenvalue weighted by Crippen LogP contribution is 2.43. The van der Waals surface area contributed by atoms with Crippen molar-refractivity contribution in [2.24, 2.45) is 7.05 Å². The maximum Gasteiger partial charge on any atom is 0.158 e. The molecule has 2 aromatic carbocycles. The van der Waals surface area contributed by atoms with Crippen LogP contribution in [0.15, 0.2) is 67.3 Å². The fourth-order valence-corrected chi connectivity index (χ4v) is 5.10. The van der Waals surface area contributed by atoms with Crippen LogP contribution in [0.5, 0.6) is 0 Å². The van der Waals surface area contributed by atoms with Crippen molar-refractivity contribution in [2.75, 3.05) is 0 Å². The fourth-order valence-electron chi connectivity index (χ4n) is 4.42.